The predicted molar refractivity (Wildman–Crippen MR) is 72.4 cm³/mol. The molecule has 12 N–H and O–H groups in total. The third kappa shape index (κ3) is 20800. The molecule has 0 amide bonds. The summed E-state index contributed by atoms with van der Waals surface area (Å²) in [5, 5.41) is 56.0. The Balaban J connectivity index is -0.00000000500. The summed E-state index contributed by atoms with van der Waals surface area (Å²) in [6.45, 7) is 0. The van der Waals surface area contributed by atoms with E-state index in [9.17, 15) is 0 Å². The van der Waals surface area contributed by atoms with Gasteiger partial charge in [-0.2, -0.15) is 0 Å². The maximum atomic E-state index is 7.00. The predicted octanol–water partition coefficient (Wildman–Crippen LogP) is -4.78. The Hall–Kier alpha value is -0.400. The maximum Gasteiger partial charge on any atom is 0.0319 e. The highest BCUT2D eigenvalue weighted by molar-refractivity contribution is 3.19. The number of aliphatic hydroxyl groups is 8. The van der Waals surface area contributed by atoms with Crippen LogP contribution in [-0.4, -0.2) is 109 Å². The lowest BCUT2D eigenvalue weighted by Gasteiger charge is -1.21. The van der Waals surface area contributed by atoms with E-state index < -0.39 is 0 Å². The molecule has 0 aliphatic heterocycles. The summed E-state index contributed by atoms with van der Waals surface area (Å²) >= 11 is 0. The van der Waals surface area contributed by atoms with E-state index in [1.807, 2.05) is 0 Å². The molecule has 0 aliphatic carbocycles. The molecule has 0 radical (unpaired) electrons. The maximum absolute atomic E-state index is 7.00. The molecular formula is C8H36O10. The van der Waals surface area contributed by atoms with Gasteiger partial charge in [0.05, 0.1) is 0 Å². The van der Waals surface area contributed by atoms with E-state index in [0.717, 1.165) is 56.9 Å². The fraction of sp³-hybridized carbons (Fsp3) is 1.00. The van der Waals surface area contributed by atoms with Crippen molar-refractivity contribution < 1.29 is 51.8 Å². The van der Waals surface area contributed by atoms with Crippen molar-refractivity contribution in [3.63, 3.8) is 0 Å². The van der Waals surface area contributed by atoms with Crippen LogP contribution in [0.5, 0.6) is 0 Å². The van der Waals surface area contributed by atoms with Gasteiger partial charge in [0.1, 0.15) is 0 Å². The first-order valence-electron chi connectivity index (χ1n) is 3.58. The lowest BCUT2D eigenvalue weighted by atomic mass is 11.8. The summed E-state index contributed by atoms with van der Waals surface area (Å²) in [4.78, 5) is 0. The number of hydrogen-bond donors (Lipinski definition) is 8. The highest BCUT2D eigenvalue weighted by atomic mass is 16.2. The molecule has 0 rings (SSSR count). The summed E-state index contributed by atoms with van der Waals surface area (Å²) in [6.07, 6.45) is 0. The molecule has 0 aliphatic rings. The second-order valence-corrected chi connectivity index (χ2v) is 0. The zero-order valence-electron chi connectivity index (χ0n) is 12.6. The molecule has 0 fully saturated rings. The molecule has 0 unspecified atom stereocenters. The van der Waals surface area contributed by atoms with Gasteiger partial charge in [0, 0.05) is 56.9 Å². The van der Waals surface area contributed by atoms with Crippen molar-refractivity contribution >= 4 is 0 Å². The number of aliphatic hydroxyl groups excluding tert-OH is 8. The monoisotopic (exact) mass is 292 g/mol. The van der Waals surface area contributed by atoms with E-state index in [2.05, 4.69) is 0 Å². The first-order chi connectivity index (χ1) is 8.00. The normalized spacial score (nSPS) is 2.67. The third-order valence-corrected chi connectivity index (χ3v) is 0. The van der Waals surface area contributed by atoms with Gasteiger partial charge in [-0.25, -0.2) is 0 Å². The van der Waals surface area contributed by atoms with E-state index in [0.29, 0.717) is 0 Å². The quantitative estimate of drug-likeness (QED) is 0.215. The van der Waals surface area contributed by atoms with Crippen molar-refractivity contribution in [1.29, 1.82) is 0 Å². The Kier molecular flexibility index (Phi) is 118000. The van der Waals surface area contributed by atoms with Crippen molar-refractivity contribution in [3.05, 3.63) is 0 Å². The summed E-state index contributed by atoms with van der Waals surface area (Å²) in [6, 6.07) is 0. The van der Waals surface area contributed by atoms with E-state index in [-0.39, 0.29) is 11.0 Å². The van der Waals surface area contributed by atoms with Gasteiger partial charge in [0.25, 0.3) is 0 Å². The SMILES string of the molecule is CO.CO.CO.CO.CO.CO.CO.CO.O.O. The van der Waals surface area contributed by atoms with Gasteiger partial charge in [-0.15, -0.1) is 0 Å². The average molecular weight is 292 g/mol. The Morgan fingerprint density at radius 1 is 0.222 bits per heavy atom. The largest absolute Gasteiger partial charge is 0.412 e. The summed E-state index contributed by atoms with van der Waals surface area (Å²) in [7, 11) is 8.00. The Morgan fingerprint density at radius 2 is 0.222 bits per heavy atom. The second-order valence-electron chi connectivity index (χ2n) is 0. The van der Waals surface area contributed by atoms with E-state index in [1.54, 1.807) is 0 Å². The molecule has 0 bridgehead atoms. The second kappa shape index (κ2) is 25200. The third-order valence-electron chi connectivity index (χ3n) is 0. The van der Waals surface area contributed by atoms with Crippen LogP contribution in [0.15, 0.2) is 0 Å². The molecule has 18 heavy (non-hydrogen) atoms. The topological polar surface area (TPSA) is 225 Å². The van der Waals surface area contributed by atoms with Crippen LogP contribution >= 0.6 is 0 Å². The summed E-state index contributed by atoms with van der Waals surface area (Å²) < 4.78 is 0. The van der Waals surface area contributed by atoms with Crippen LogP contribution in [0.2, 0.25) is 0 Å². The van der Waals surface area contributed by atoms with Gasteiger partial charge in [-0.3, -0.25) is 0 Å². The lowest BCUT2D eigenvalue weighted by Crippen LogP contribution is -1.25. The van der Waals surface area contributed by atoms with Crippen LogP contribution in [0.25, 0.3) is 0 Å². The van der Waals surface area contributed by atoms with Gasteiger partial charge < -0.3 is 51.8 Å². The molecule has 0 saturated carbocycles. The highest BCUT2D eigenvalue weighted by Crippen LogP contribution is 0.769. The molecule has 128 valence electrons. The molecule has 10 nitrogen and oxygen atoms in total. The molecule has 0 aromatic carbocycles. The Labute approximate surface area is 110 Å². The number of hydrogen-bond acceptors (Lipinski definition) is 8. The van der Waals surface area contributed by atoms with E-state index in [4.69, 9.17) is 40.9 Å². The van der Waals surface area contributed by atoms with Crippen LogP contribution < -0.4 is 0 Å². The average Bonchev–Trinajstić information content (AvgIpc) is 2.54. The zero-order valence-corrected chi connectivity index (χ0v) is 12.6. The highest BCUT2D eigenvalue weighted by Gasteiger charge is 0.853. The molecule has 0 saturated heterocycles. The standard InChI is InChI=1S/8CH4O.2H2O/c8*1-2;;/h8*2H,1H3;2*1H2. The molecule has 0 heterocycles. The fourth-order valence-corrected chi connectivity index (χ4v) is 0. The van der Waals surface area contributed by atoms with Crippen molar-refractivity contribution in [3.8, 4) is 0 Å². The minimum absolute atomic E-state index is 0. The van der Waals surface area contributed by atoms with Crippen LogP contribution in [0.4, 0.5) is 0 Å². The molecular weight excluding hydrogens is 256 g/mol. The van der Waals surface area contributed by atoms with Gasteiger partial charge in [-0.1, -0.05) is 0 Å². The van der Waals surface area contributed by atoms with Crippen molar-refractivity contribution in [2.45, 2.75) is 0 Å². The Bertz CT molecular complexity index is 17.8. The molecule has 0 aromatic heterocycles. The van der Waals surface area contributed by atoms with E-state index in [1.165, 1.54) is 0 Å². The van der Waals surface area contributed by atoms with Crippen LogP contribution in [-0.2, 0) is 0 Å². The van der Waals surface area contributed by atoms with Gasteiger partial charge in [-0.05, 0) is 0 Å². The summed E-state index contributed by atoms with van der Waals surface area (Å²) in [5.74, 6) is 0. The van der Waals surface area contributed by atoms with E-state index >= 15 is 0 Å². The van der Waals surface area contributed by atoms with Crippen molar-refractivity contribution in [2.75, 3.05) is 56.9 Å². The van der Waals surface area contributed by atoms with Crippen LogP contribution in [0.3, 0.4) is 0 Å². The van der Waals surface area contributed by atoms with Gasteiger partial charge >= 0.3 is 0 Å². The van der Waals surface area contributed by atoms with Gasteiger partial charge in [0.2, 0.25) is 0 Å². The summed E-state index contributed by atoms with van der Waals surface area (Å²) in [5.41, 5.74) is 0. The zero-order chi connectivity index (χ0) is 16.0. The Morgan fingerprint density at radius 3 is 0.222 bits per heavy atom. The fourth-order valence-electron chi connectivity index (χ4n) is 0. The minimum atomic E-state index is 0. The first-order valence-corrected chi connectivity index (χ1v) is 3.58. The van der Waals surface area contributed by atoms with Crippen LogP contribution in [0, 0.1) is 0 Å². The molecule has 10 heteroatoms. The first kappa shape index (κ1) is 84.0. The van der Waals surface area contributed by atoms with Crippen LogP contribution in [0.1, 0.15) is 0 Å². The van der Waals surface area contributed by atoms with Crippen molar-refractivity contribution in [1.82, 2.24) is 0 Å². The molecule has 0 aromatic rings. The number of rotatable bonds is 0. The minimum Gasteiger partial charge on any atom is -0.412 e. The smallest absolute Gasteiger partial charge is 0.0319 e. The van der Waals surface area contributed by atoms with Crippen molar-refractivity contribution in [2.24, 2.45) is 0 Å². The lowest BCUT2D eigenvalue weighted by molar-refractivity contribution is 0.399. The molecule has 0 spiro atoms. The van der Waals surface area contributed by atoms with Gasteiger partial charge in [0.15, 0.2) is 0 Å². The molecule has 0 atom stereocenters.